The van der Waals surface area contributed by atoms with Gasteiger partial charge in [0.05, 0.1) is 18.0 Å². The van der Waals surface area contributed by atoms with Crippen LogP contribution in [0.4, 0.5) is 5.69 Å². The number of anilines is 1. The van der Waals surface area contributed by atoms with Gasteiger partial charge in [-0.2, -0.15) is 0 Å². The minimum atomic E-state index is -3.41. The summed E-state index contributed by atoms with van der Waals surface area (Å²) in [5.74, 6) is -0.231. The van der Waals surface area contributed by atoms with E-state index in [2.05, 4.69) is 10.0 Å². The Kier molecular flexibility index (Phi) is 5.32. The minimum Gasteiger partial charge on any atom is -0.345 e. The fourth-order valence-corrected chi connectivity index (χ4v) is 3.42. The predicted octanol–water partition coefficient (Wildman–Crippen LogP) is 3.34. The van der Waals surface area contributed by atoms with Crippen molar-refractivity contribution in [1.29, 1.82) is 0 Å². The average molecular weight is 383 g/mol. The van der Waals surface area contributed by atoms with Crippen molar-refractivity contribution in [2.24, 2.45) is 0 Å². The van der Waals surface area contributed by atoms with Gasteiger partial charge in [0.1, 0.15) is 0 Å². The highest BCUT2D eigenvalue weighted by atomic mass is 32.2. The number of carbonyl (C=O) groups excluding carboxylic acids is 1. The normalized spacial score (nSPS) is 12.4. The molecule has 0 aliphatic heterocycles. The number of carbonyl (C=O) groups is 1. The number of amides is 1. The zero-order valence-electron chi connectivity index (χ0n) is 15.1. The van der Waals surface area contributed by atoms with Crippen LogP contribution in [0, 0.1) is 0 Å². The van der Waals surface area contributed by atoms with Crippen molar-refractivity contribution >= 4 is 21.6 Å². The summed E-state index contributed by atoms with van der Waals surface area (Å²) >= 11 is 0. The maximum Gasteiger partial charge on any atom is 0.251 e. The third kappa shape index (κ3) is 4.77. The molecular formula is C20H21N3O3S. The molecular weight excluding hydrogens is 362 g/mol. The third-order valence-corrected chi connectivity index (χ3v) is 4.67. The van der Waals surface area contributed by atoms with Crippen molar-refractivity contribution in [1.82, 2.24) is 9.88 Å². The average Bonchev–Trinajstić information content (AvgIpc) is 3.15. The number of hydrogen-bond acceptors (Lipinski definition) is 3. The van der Waals surface area contributed by atoms with Gasteiger partial charge < -0.3 is 9.88 Å². The summed E-state index contributed by atoms with van der Waals surface area (Å²) in [5, 5.41) is 2.93. The molecule has 1 unspecified atom stereocenters. The summed E-state index contributed by atoms with van der Waals surface area (Å²) in [6, 6.07) is 17.8. The van der Waals surface area contributed by atoms with Gasteiger partial charge in [0.25, 0.3) is 5.91 Å². The Morgan fingerprint density at radius 1 is 1.00 bits per heavy atom. The lowest BCUT2D eigenvalue weighted by atomic mass is 10.1. The number of rotatable bonds is 6. The highest BCUT2D eigenvalue weighted by Crippen LogP contribution is 2.24. The fraction of sp³-hybridized carbons (Fsp3) is 0.150. The van der Waals surface area contributed by atoms with Crippen molar-refractivity contribution in [3.63, 3.8) is 0 Å². The van der Waals surface area contributed by atoms with Gasteiger partial charge in [-0.25, -0.2) is 8.42 Å². The summed E-state index contributed by atoms with van der Waals surface area (Å²) in [6.45, 7) is 1.82. The summed E-state index contributed by atoms with van der Waals surface area (Å²) in [5.41, 5.74) is 2.56. The van der Waals surface area contributed by atoms with Crippen molar-refractivity contribution in [3.8, 4) is 5.69 Å². The Hall–Kier alpha value is -3.06. The van der Waals surface area contributed by atoms with Crippen LogP contribution in [0.2, 0.25) is 0 Å². The summed E-state index contributed by atoms with van der Waals surface area (Å²) < 4.78 is 27.5. The highest BCUT2D eigenvalue weighted by Gasteiger charge is 2.16. The Morgan fingerprint density at radius 3 is 2.41 bits per heavy atom. The maximum absolute atomic E-state index is 12.7. The molecule has 2 N–H and O–H groups in total. The first-order chi connectivity index (χ1) is 12.8. The molecule has 1 atom stereocenters. The number of hydrogen-bond donors (Lipinski definition) is 2. The molecule has 0 spiro atoms. The summed E-state index contributed by atoms with van der Waals surface area (Å²) in [7, 11) is -3.41. The molecule has 0 aliphatic rings. The largest absolute Gasteiger partial charge is 0.345 e. The first-order valence-electron chi connectivity index (χ1n) is 8.44. The summed E-state index contributed by atoms with van der Waals surface area (Å²) in [6.07, 6.45) is 4.92. The lowest BCUT2D eigenvalue weighted by molar-refractivity contribution is 0.0940. The molecule has 140 valence electrons. The first kappa shape index (κ1) is 18.7. The van der Waals surface area contributed by atoms with E-state index >= 15 is 0 Å². The van der Waals surface area contributed by atoms with Gasteiger partial charge in [-0.1, -0.05) is 24.3 Å². The van der Waals surface area contributed by atoms with Crippen LogP contribution in [0.3, 0.4) is 0 Å². The van der Waals surface area contributed by atoms with Crippen LogP contribution in [-0.2, 0) is 10.0 Å². The molecule has 0 saturated heterocycles. The van der Waals surface area contributed by atoms with E-state index in [1.807, 2.05) is 54.2 Å². The van der Waals surface area contributed by atoms with E-state index < -0.39 is 10.0 Å². The van der Waals surface area contributed by atoms with Crippen LogP contribution < -0.4 is 10.0 Å². The second kappa shape index (κ2) is 7.67. The van der Waals surface area contributed by atoms with Crippen LogP contribution in [0.5, 0.6) is 0 Å². The fourth-order valence-electron chi connectivity index (χ4n) is 2.84. The molecule has 1 heterocycles. The van der Waals surface area contributed by atoms with Gasteiger partial charge in [-0.05, 0) is 48.9 Å². The molecule has 0 radical (unpaired) electrons. The zero-order chi connectivity index (χ0) is 19.4. The van der Waals surface area contributed by atoms with E-state index in [4.69, 9.17) is 0 Å². The van der Waals surface area contributed by atoms with Crippen molar-refractivity contribution in [2.45, 2.75) is 13.0 Å². The molecule has 0 fully saturated rings. The maximum atomic E-state index is 12.7. The van der Waals surface area contributed by atoms with E-state index in [9.17, 15) is 13.2 Å². The standard InChI is InChI=1S/C20H21N3O3S/c1-15(18-10-3-4-11-19(18)22-27(2,25)26)21-20(24)16-8-7-9-17(14-16)23-12-5-6-13-23/h3-15,22H,1-2H3,(H,21,24). The first-order valence-corrected chi connectivity index (χ1v) is 10.3. The highest BCUT2D eigenvalue weighted by molar-refractivity contribution is 7.92. The number of benzene rings is 2. The van der Waals surface area contributed by atoms with Crippen LogP contribution in [0.25, 0.3) is 5.69 Å². The molecule has 1 amide bonds. The quantitative estimate of drug-likeness (QED) is 0.685. The second-order valence-corrected chi connectivity index (χ2v) is 8.05. The summed E-state index contributed by atoms with van der Waals surface area (Å²) in [4.78, 5) is 12.7. The molecule has 3 aromatic rings. The van der Waals surface area contributed by atoms with Gasteiger partial charge in [0, 0.05) is 23.6 Å². The number of sulfonamides is 1. The van der Waals surface area contributed by atoms with E-state index in [0.29, 0.717) is 16.8 Å². The zero-order valence-corrected chi connectivity index (χ0v) is 15.9. The molecule has 2 aromatic carbocycles. The number of nitrogens with zero attached hydrogens (tertiary/aromatic N) is 1. The van der Waals surface area contributed by atoms with Gasteiger partial charge in [-0.15, -0.1) is 0 Å². The van der Waals surface area contributed by atoms with Gasteiger partial charge in [-0.3, -0.25) is 9.52 Å². The van der Waals surface area contributed by atoms with E-state index in [0.717, 1.165) is 11.9 Å². The molecule has 1 aromatic heterocycles. The Labute approximate surface area is 158 Å². The molecule has 7 heteroatoms. The Bertz CT molecular complexity index is 1040. The van der Waals surface area contributed by atoms with E-state index in [1.54, 1.807) is 30.3 Å². The van der Waals surface area contributed by atoms with Gasteiger partial charge in [0.15, 0.2) is 0 Å². The molecule has 3 rings (SSSR count). The van der Waals surface area contributed by atoms with Crippen molar-refractivity contribution in [2.75, 3.05) is 11.0 Å². The lowest BCUT2D eigenvalue weighted by Gasteiger charge is -2.18. The van der Waals surface area contributed by atoms with Crippen LogP contribution in [0.1, 0.15) is 28.9 Å². The van der Waals surface area contributed by atoms with Gasteiger partial charge >= 0.3 is 0 Å². The third-order valence-electron chi connectivity index (χ3n) is 4.08. The Morgan fingerprint density at radius 2 is 1.70 bits per heavy atom. The molecule has 0 bridgehead atoms. The molecule has 6 nitrogen and oxygen atoms in total. The molecule has 0 saturated carbocycles. The van der Waals surface area contributed by atoms with Crippen LogP contribution in [-0.4, -0.2) is 25.1 Å². The van der Waals surface area contributed by atoms with Gasteiger partial charge in [0.2, 0.25) is 10.0 Å². The van der Waals surface area contributed by atoms with E-state index in [1.165, 1.54) is 0 Å². The number of nitrogens with one attached hydrogen (secondary N) is 2. The minimum absolute atomic E-state index is 0.231. The second-order valence-electron chi connectivity index (χ2n) is 6.30. The molecule has 0 aliphatic carbocycles. The van der Waals surface area contributed by atoms with Crippen molar-refractivity contribution in [3.05, 3.63) is 84.2 Å². The Balaban J connectivity index is 1.80. The smallest absolute Gasteiger partial charge is 0.251 e. The van der Waals surface area contributed by atoms with Crippen molar-refractivity contribution < 1.29 is 13.2 Å². The monoisotopic (exact) mass is 383 g/mol. The van der Waals surface area contributed by atoms with E-state index in [-0.39, 0.29) is 11.9 Å². The van der Waals surface area contributed by atoms with Crippen LogP contribution >= 0.6 is 0 Å². The topological polar surface area (TPSA) is 80.2 Å². The lowest BCUT2D eigenvalue weighted by Crippen LogP contribution is -2.27. The number of para-hydroxylation sites is 1. The predicted molar refractivity (Wildman–Crippen MR) is 107 cm³/mol. The molecule has 27 heavy (non-hydrogen) atoms. The number of aromatic nitrogens is 1. The SMILES string of the molecule is CC(NC(=O)c1cccc(-n2cccc2)c1)c1ccccc1NS(C)(=O)=O. The van der Waals surface area contributed by atoms with Crippen LogP contribution in [0.15, 0.2) is 73.1 Å².